The van der Waals surface area contributed by atoms with Crippen molar-refractivity contribution >= 4 is 33.4 Å². The molecule has 3 rings (SSSR count). The Hall–Kier alpha value is -2.91. The predicted molar refractivity (Wildman–Crippen MR) is 123 cm³/mol. The minimum absolute atomic E-state index is 0.214. The number of ether oxygens (including phenoxy) is 1. The molecule has 0 aliphatic carbocycles. The van der Waals surface area contributed by atoms with Crippen LogP contribution < -0.4 is 10.6 Å². The van der Waals surface area contributed by atoms with Gasteiger partial charge in [-0.3, -0.25) is 10.1 Å². The van der Waals surface area contributed by atoms with Crippen molar-refractivity contribution in [2.45, 2.75) is 32.1 Å². The Bertz CT molecular complexity index is 1040. The summed E-state index contributed by atoms with van der Waals surface area (Å²) < 4.78 is 32.3. The summed E-state index contributed by atoms with van der Waals surface area (Å²) in [5, 5.41) is 5.31. The smallest absolute Gasteiger partial charge is 0.411 e. The second-order valence-electron chi connectivity index (χ2n) is 8.17. The van der Waals surface area contributed by atoms with Gasteiger partial charge in [0.15, 0.2) is 0 Å². The first-order valence-corrected chi connectivity index (χ1v) is 12.1. The molecule has 1 heterocycles. The van der Waals surface area contributed by atoms with E-state index in [2.05, 4.69) is 24.5 Å². The Morgan fingerprint density at radius 1 is 0.938 bits per heavy atom. The van der Waals surface area contributed by atoms with Crippen molar-refractivity contribution in [1.29, 1.82) is 0 Å². The minimum atomic E-state index is -3.57. The Morgan fingerprint density at radius 2 is 1.47 bits per heavy atom. The second-order valence-corrected chi connectivity index (χ2v) is 10.1. The van der Waals surface area contributed by atoms with Gasteiger partial charge in [-0.15, -0.1) is 0 Å². The van der Waals surface area contributed by atoms with Gasteiger partial charge in [-0.05, 0) is 73.7 Å². The lowest BCUT2D eigenvalue weighted by Crippen LogP contribution is -2.42. The highest BCUT2D eigenvalue weighted by atomic mass is 32.2. The van der Waals surface area contributed by atoms with E-state index >= 15 is 0 Å². The van der Waals surface area contributed by atoms with Crippen LogP contribution in [0.3, 0.4) is 0 Å². The Labute approximate surface area is 189 Å². The molecule has 0 saturated carbocycles. The largest absolute Gasteiger partial charge is 0.450 e. The van der Waals surface area contributed by atoms with Gasteiger partial charge in [0.2, 0.25) is 10.0 Å². The van der Waals surface area contributed by atoms with Gasteiger partial charge in [0, 0.05) is 30.0 Å². The highest BCUT2D eigenvalue weighted by Crippen LogP contribution is 2.27. The zero-order valence-electron chi connectivity index (χ0n) is 18.5. The molecule has 9 heteroatoms. The number of hydrogen-bond acceptors (Lipinski definition) is 5. The van der Waals surface area contributed by atoms with Gasteiger partial charge in [0.25, 0.3) is 5.91 Å². The second kappa shape index (κ2) is 10.1. The molecule has 1 fully saturated rings. The lowest BCUT2D eigenvalue weighted by molar-refractivity contribution is 0.102. The molecule has 0 spiro atoms. The maximum absolute atomic E-state index is 13.0. The van der Waals surface area contributed by atoms with E-state index in [-0.39, 0.29) is 17.4 Å². The van der Waals surface area contributed by atoms with Gasteiger partial charge in [0.1, 0.15) is 0 Å². The molecule has 0 radical (unpaired) electrons. The number of benzene rings is 2. The number of rotatable bonds is 6. The van der Waals surface area contributed by atoms with Crippen molar-refractivity contribution in [3.05, 3.63) is 54.1 Å². The number of carbonyl (C=O) groups excluding carboxylic acids is 2. The number of anilines is 2. The summed E-state index contributed by atoms with van der Waals surface area (Å²) >= 11 is 0. The zero-order chi connectivity index (χ0) is 23.3. The van der Waals surface area contributed by atoms with Crippen molar-refractivity contribution in [3.8, 4) is 0 Å². The van der Waals surface area contributed by atoms with E-state index in [4.69, 9.17) is 4.74 Å². The highest BCUT2D eigenvalue weighted by molar-refractivity contribution is 7.89. The number of nitrogens with zero attached hydrogens (tertiary/aromatic N) is 1. The van der Waals surface area contributed by atoms with Gasteiger partial charge in [-0.1, -0.05) is 13.8 Å². The van der Waals surface area contributed by atoms with Crippen molar-refractivity contribution in [1.82, 2.24) is 4.31 Å². The lowest BCUT2D eigenvalue weighted by atomic mass is 9.94. The van der Waals surface area contributed by atoms with Gasteiger partial charge >= 0.3 is 6.09 Å². The maximum atomic E-state index is 13.0. The standard InChI is InChI=1S/C23H29N3O5S/c1-4-31-23(28)25-20-7-5-18(6-8-20)22(27)24-19-9-11-21(12-10-19)32(29,30)26-14-16(2)13-17(3)15-26/h5-12,16-17H,4,13-15H2,1-3H3,(H,24,27)(H,25,28). The van der Waals surface area contributed by atoms with Crippen LogP contribution in [0.25, 0.3) is 0 Å². The molecule has 32 heavy (non-hydrogen) atoms. The van der Waals surface area contributed by atoms with E-state index in [9.17, 15) is 18.0 Å². The molecule has 1 aliphatic heterocycles. The van der Waals surface area contributed by atoms with Gasteiger partial charge in [0.05, 0.1) is 11.5 Å². The fraction of sp³-hybridized carbons (Fsp3) is 0.391. The van der Waals surface area contributed by atoms with E-state index in [1.165, 1.54) is 12.1 Å². The van der Waals surface area contributed by atoms with Crippen LogP contribution in [0, 0.1) is 11.8 Å². The Balaban J connectivity index is 1.64. The van der Waals surface area contributed by atoms with Crippen molar-refractivity contribution in [2.24, 2.45) is 11.8 Å². The number of amides is 2. The first-order chi connectivity index (χ1) is 15.2. The van der Waals surface area contributed by atoms with Gasteiger partial charge in [-0.25, -0.2) is 13.2 Å². The summed E-state index contributed by atoms with van der Waals surface area (Å²) in [6, 6.07) is 12.5. The summed E-state index contributed by atoms with van der Waals surface area (Å²) in [4.78, 5) is 24.2. The summed E-state index contributed by atoms with van der Waals surface area (Å²) in [6.45, 7) is 7.15. The number of carbonyl (C=O) groups is 2. The van der Waals surface area contributed by atoms with Crippen molar-refractivity contribution in [3.63, 3.8) is 0 Å². The number of hydrogen-bond donors (Lipinski definition) is 2. The third-order valence-corrected chi connectivity index (χ3v) is 7.10. The minimum Gasteiger partial charge on any atom is -0.450 e. The fourth-order valence-corrected chi connectivity index (χ4v) is 5.53. The number of sulfonamides is 1. The quantitative estimate of drug-likeness (QED) is 0.674. The lowest BCUT2D eigenvalue weighted by Gasteiger charge is -2.34. The summed E-state index contributed by atoms with van der Waals surface area (Å²) in [5.74, 6) is 0.305. The van der Waals surface area contributed by atoms with Gasteiger partial charge < -0.3 is 10.1 Å². The van der Waals surface area contributed by atoms with Crippen LogP contribution >= 0.6 is 0 Å². The summed E-state index contributed by atoms with van der Waals surface area (Å²) in [5.41, 5.74) is 1.39. The number of nitrogens with one attached hydrogen (secondary N) is 2. The third kappa shape index (κ3) is 5.86. The molecule has 2 aromatic carbocycles. The Morgan fingerprint density at radius 3 is 2.03 bits per heavy atom. The zero-order valence-corrected chi connectivity index (χ0v) is 19.3. The molecule has 2 aromatic rings. The molecule has 172 valence electrons. The molecule has 1 aliphatic rings. The van der Waals surface area contributed by atoms with E-state index in [1.54, 1.807) is 47.6 Å². The van der Waals surface area contributed by atoms with Crippen molar-refractivity contribution in [2.75, 3.05) is 30.3 Å². The van der Waals surface area contributed by atoms with Crippen LogP contribution in [0.4, 0.5) is 16.2 Å². The molecule has 2 amide bonds. The molecule has 2 unspecified atom stereocenters. The van der Waals surface area contributed by atoms with E-state index in [0.29, 0.717) is 41.9 Å². The van der Waals surface area contributed by atoms with Crippen LogP contribution in [0.5, 0.6) is 0 Å². The normalized spacial score (nSPS) is 19.2. The fourth-order valence-electron chi connectivity index (χ4n) is 3.85. The van der Waals surface area contributed by atoms with Crippen LogP contribution in [-0.2, 0) is 14.8 Å². The molecular weight excluding hydrogens is 430 g/mol. The van der Waals surface area contributed by atoms with Gasteiger partial charge in [-0.2, -0.15) is 4.31 Å². The average molecular weight is 460 g/mol. The molecule has 8 nitrogen and oxygen atoms in total. The average Bonchev–Trinajstić information content (AvgIpc) is 2.74. The van der Waals surface area contributed by atoms with Crippen molar-refractivity contribution < 1.29 is 22.7 Å². The van der Waals surface area contributed by atoms with Crippen LogP contribution in [0.15, 0.2) is 53.4 Å². The molecule has 2 atom stereocenters. The maximum Gasteiger partial charge on any atom is 0.411 e. The van der Waals surface area contributed by atoms with Crippen LogP contribution in [0.2, 0.25) is 0 Å². The number of piperidine rings is 1. The molecule has 1 saturated heterocycles. The van der Waals surface area contributed by atoms with Crippen LogP contribution in [-0.4, -0.2) is 44.4 Å². The third-order valence-electron chi connectivity index (χ3n) is 5.25. The SMILES string of the molecule is CCOC(=O)Nc1ccc(C(=O)Nc2ccc(S(=O)(=O)N3CC(C)CC(C)C3)cc2)cc1. The first-order valence-electron chi connectivity index (χ1n) is 10.6. The monoisotopic (exact) mass is 459 g/mol. The Kier molecular flexibility index (Phi) is 7.52. The van der Waals surface area contributed by atoms with Crippen LogP contribution in [0.1, 0.15) is 37.6 Å². The van der Waals surface area contributed by atoms with E-state index in [1.807, 2.05) is 0 Å². The molecule has 0 bridgehead atoms. The topological polar surface area (TPSA) is 105 Å². The molecule has 2 N–H and O–H groups in total. The summed E-state index contributed by atoms with van der Waals surface area (Å²) in [6.07, 6.45) is 0.463. The predicted octanol–water partition coefficient (Wildman–Crippen LogP) is 4.17. The molecular formula is C23H29N3O5S. The molecule has 0 aromatic heterocycles. The summed E-state index contributed by atoms with van der Waals surface area (Å²) in [7, 11) is -3.57. The highest BCUT2D eigenvalue weighted by Gasteiger charge is 2.31. The van der Waals surface area contributed by atoms with E-state index in [0.717, 1.165) is 6.42 Å². The van der Waals surface area contributed by atoms with E-state index < -0.39 is 16.1 Å². The first kappa shape index (κ1) is 23.7.